The molecule has 0 unspecified atom stereocenters. The van der Waals surface area contributed by atoms with Crippen LogP contribution in [0.15, 0.2) is 18.2 Å². The molecule has 3 nitrogen and oxygen atoms in total. The number of hydrogen-bond acceptors (Lipinski definition) is 2. The van der Waals surface area contributed by atoms with E-state index >= 15 is 0 Å². The predicted molar refractivity (Wildman–Crippen MR) is 68.6 cm³/mol. The average molecular weight is 271 g/mol. The molecule has 0 aliphatic heterocycles. The maximum Gasteiger partial charge on any atom is 0.449 e. The van der Waals surface area contributed by atoms with Crippen LogP contribution in [0.4, 0.5) is 18.9 Å². The Morgan fingerprint density at radius 1 is 1.32 bits per heavy atom. The first-order valence-electron chi connectivity index (χ1n) is 6.12. The average Bonchev–Trinajstić information content (AvgIpc) is 2.63. The highest BCUT2D eigenvalue weighted by atomic mass is 19.4. The number of aromatic nitrogens is 2. The van der Waals surface area contributed by atoms with Gasteiger partial charge in [0.25, 0.3) is 0 Å². The highest BCUT2D eigenvalue weighted by molar-refractivity contribution is 5.79. The van der Waals surface area contributed by atoms with Gasteiger partial charge in [0.05, 0.1) is 11.0 Å². The molecule has 0 spiro atoms. The van der Waals surface area contributed by atoms with E-state index in [0.29, 0.717) is 30.1 Å². The largest absolute Gasteiger partial charge is 0.449 e. The van der Waals surface area contributed by atoms with Gasteiger partial charge in [-0.2, -0.15) is 13.2 Å². The lowest BCUT2D eigenvalue weighted by Gasteiger charge is -2.12. The number of hydrogen-bond donors (Lipinski definition) is 1. The van der Waals surface area contributed by atoms with Crippen molar-refractivity contribution in [3.05, 3.63) is 24.0 Å². The highest BCUT2D eigenvalue weighted by Crippen LogP contribution is 2.32. The molecule has 0 atom stereocenters. The lowest BCUT2D eigenvalue weighted by Crippen LogP contribution is -2.15. The zero-order valence-corrected chi connectivity index (χ0v) is 10.8. The molecule has 19 heavy (non-hydrogen) atoms. The lowest BCUT2D eigenvalue weighted by atomic mass is 10.1. The van der Waals surface area contributed by atoms with Gasteiger partial charge in [0.1, 0.15) is 0 Å². The quantitative estimate of drug-likeness (QED) is 0.865. The lowest BCUT2D eigenvalue weighted by molar-refractivity contribution is -0.147. The zero-order chi connectivity index (χ0) is 14.2. The van der Waals surface area contributed by atoms with Crippen LogP contribution in [0.2, 0.25) is 0 Å². The van der Waals surface area contributed by atoms with E-state index in [0.717, 1.165) is 0 Å². The Morgan fingerprint density at radius 3 is 2.58 bits per heavy atom. The minimum atomic E-state index is -4.45. The van der Waals surface area contributed by atoms with Crippen LogP contribution in [0.25, 0.3) is 11.0 Å². The van der Waals surface area contributed by atoms with Crippen LogP contribution in [0.1, 0.15) is 26.1 Å². The molecule has 0 radical (unpaired) electrons. The van der Waals surface area contributed by atoms with Crippen molar-refractivity contribution in [3.8, 4) is 0 Å². The second-order valence-electron chi connectivity index (χ2n) is 5.02. The number of nitrogens with two attached hydrogens (primary N) is 1. The first-order valence-corrected chi connectivity index (χ1v) is 6.12. The zero-order valence-electron chi connectivity index (χ0n) is 10.8. The van der Waals surface area contributed by atoms with Crippen molar-refractivity contribution >= 4 is 16.7 Å². The molecule has 0 saturated carbocycles. The van der Waals surface area contributed by atoms with E-state index in [2.05, 4.69) is 4.98 Å². The van der Waals surface area contributed by atoms with Crippen LogP contribution >= 0.6 is 0 Å². The van der Waals surface area contributed by atoms with Crippen LogP contribution in [0, 0.1) is 5.92 Å². The van der Waals surface area contributed by atoms with Gasteiger partial charge in [0, 0.05) is 12.2 Å². The van der Waals surface area contributed by atoms with Gasteiger partial charge in [-0.05, 0) is 30.5 Å². The third-order valence-electron chi connectivity index (χ3n) is 2.96. The Balaban J connectivity index is 2.55. The Hall–Kier alpha value is -1.72. The number of alkyl halides is 3. The minimum absolute atomic E-state index is 0.288. The number of imidazole rings is 1. The standard InChI is InChI=1S/C13H16F3N3/c1-8(2)5-6-19-11-4-3-9(17)7-10(11)18-12(19)13(14,15)16/h3-4,7-8H,5-6,17H2,1-2H3. The van der Waals surface area contributed by atoms with Crippen molar-refractivity contribution in [1.29, 1.82) is 0 Å². The van der Waals surface area contributed by atoms with E-state index in [9.17, 15) is 13.2 Å². The Kier molecular flexibility index (Phi) is 3.43. The minimum Gasteiger partial charge on any atom is -0.399 e. The van der Waals surface area contributed by atoms with Crippen LogP contribution in [-0.4, -0.2) is 9.55 Å². The van der Waals surface area contributed by atoms with Gasteiger partial charge in [-0.15, -0.1) is 0 Å². The summed E-state index contributed by atoms with van der Waals surface area (Å²) in [5.41, 5.74) is 6.76. The molecular weight excluding hydrogens is 255 g/mol. The topological polar surface area (TPSA) is 43.8 Å². The maximum atomic E-state index is 13.0. The summed E-state index contributed by atoms with van der Waals surface area (Å²) in [5.74, 6) is -0.527. The van der Waals surface area contributed by atoms with Gasteiger partial charge in [-0.1, -0.05) is 13.8 Å². The fraction of sp³-hybridized carbons (Fsp3) is 0.462. The summed E-state index contributed by atoms with van der Waals surface area (Å²) < 4.78 is 40.2. The Labute approximate surface area is 109 Å². The Bertz CT molecular complexity index is 585. The molecule has 2 aromatic rings. The van der Waals surface area contributed by atoms with Crippen molar-refractivity contribution in [2.24, 2.45) is 5.92 Å². The van der Waals surface area contributed by atoms with Crippen molar-refractivity contribution in [3.63, 3.8) is 0 Å². The molecule has 0 amide bonds. The van der Waals surface area contributed by atoms with E-state index in [4.69, 9.17) is 5.73 Å². The van der Waals surface area contributed by atoms with Gasteiger partial charge < -0.3 is 10.3 Å². The first-order chi connectivity index (χ1) is 8.79. The van der Waals surface area contributed by atoms with Crippen molar-refractivity contribution in [2.75, 3.05) is 5.73 Å². The monoisotopic (exact) mass is 271 g/mol. The van der Waals surface area contributed by atoms with Gasteiger partial charge in [-0.3, -0.25) is 0 Å². The molecule has 2 N–H and O–H groups in total. The fourth-order valence-electron chi connectivity index (χ4n) is 1.98. The molecule has 0 aliphatic carbocycles. The van der Waals surface area contributed by atoms with E-state index in [-0.39, 0.29) is 5.52 Å². The van der Waals surface area contributed by atoms with Crippen molar-refractivity contribution < 1.29 is 13.2 Å². The summed E-state index contributed by atoms with van der Waals surface area (Å²) in [5, 5.41) is 0. The second-order valence-corrected chi connectivity index (χ2v) is 5.02. The van der Waals surface area contributed by atoms with Crippen molar-refractivity contribution in [2.45, 2.75) is 33.0 Å². The molecule has 0 saturated heterocycles. The normalized spacial score (nSPS) is 12.5. The van der Waals surface area contributed by atoms with Gasteiger partial charge in [0.2, 0.25) is 5.82 Å². The van der Waals surface area contributed by atoms with Crippen LogP contribution < -0.4 is 5.73 Å². The van der Waals surface area contributed by atoms with Gasteiger partial charge in [-0.25, -0.2) is 4.98 Å². The van der Waals surface area contributed by atoms with E-state index in [1.54, 1.807) is 12.1 Å². The molecule has 104 valence electrons. The number of benzene rings is 1. The summed E-state index contributed by atoms with van der Waals surface area (Å²) in [4.78, 5) is 3.68. The number of nitrogen functional groups attached to an aromatic ring is 1. The summed E-state index contributed by atoms with van der Waals surface area (Å²) in [6.07, 6.45) is -3.79. The van der Waals surface area contributed by atoms with Crippen LogP contribution in [0.5, 0.6) is 0 Å². The molecule has 2 rings (SSSR count). The summed E-state index contributed by atoms with van der Waals surface area (Å²) >= 11 is 0. The molecule has 1 aromatic carbocycles. The van der Waals surface area contributed by atoms with Gasteiger partial charge >= 0.3 is 6.18 Å². The van der Waals surface area contributed by atoms with Gasteiger partial charge in [0.15, 0.2) is 0 Å². The van der Waals surface area contributed by atoms with Crippen molar-refractivity contribution in [1.82, 2.24) is 9.55 Å². The number of nitrogens with zero attached hydrogens (tertiary/aromatic N) is 2. The first kappa shape index (κ1) is 13.7. The molecule has 0 fully saturated rings. The number of aryl methyl sites for hydroxylation is 1. The SMILES string of the molecule is CC(C)CCn1c(C(F)(F)F)nc2cc(N)ccc21. The molecule has 0 aliphatic rings. The smallest absolute Gasteiger partial charge is 0.399 e. The van der Waals surface area contributed by atoms with E-state index < -0.39 is 12.0 Å². The Morgan fingerprint density at radius 2 is 2.00 bits per heavy atom. The van der Waals surface area contributed by atoms with Crippen LogP contribution in [0.3, 0.4) is 0 Å². The molecule has 6 heteroatoms. The molecular formula is C13H16F3N3. The highest BCUT2D eigenvalue weighted by Gasteiger charge is 2.37. The third kappa shape index (κ3) is 2.83. The summed E-state index contributed by atoms with van der Waals surface area (Å²) in [6.45, 7) is 4.25. The number of halogens is 3. The van der Waals surface area contributed by atoms with E-state index in [1.165, 1.54) is 10.6 Å². The van der Waals surface area contributed by atoms with E-state index in [1.807, 2.05) is 13.8 Å². The summed E-state index contributed by atoms with van der Waals surface area (Å²) in [6, 6.07) is 4.65. The number of fused-ring (bicyclic) bond motifs is 1. The maximum absolute atomic E-state index is 13.0. The number of anilines is 1. The second kappa shape index (κ2) is 4.75. The molecule has 1 aromatic heterocycles. The number of rotatable bonds is 3. The molecule has 0 bridgehead atoms. The fourth-order valence-corrected chi connectivity index (χ4v) is 1.98. The predicted octanol–water partition coefficient (Wildman–Crippen LogP) is 3.68. The third-order valence-corrected chi connectivity index (χ3v) is 2.96. The molecule has 1 heterocycles. The summed E-state index contributed by atoms with van der Waals surface area (Å²) in [7, 11) is 0. The van der Waals surface area contributed by atoms with Crippen LogP contribution in [-0.2, 0) is 12.7 Å².